The molecule has 0 aliphatic rings. The molecule has 0 saturated heterocycles. The van der Waals surface area contributed by atoms with Crippen LogP contribution in [0, 0.1) is 0 Å². The fourth-order valence-electron chi connectivity index (χ4n) is 2.79. The Bertz CT molecular complexity index is 1410. The van der Waals surface area contributed by atoms with E-state index in [1.165, 1.54) is 48.9 Å². The third-order valence-electron chi connectivity index (χ3n) is 4.36. The summed E-state index contributed by atoms with van der Waals surface area (Å²) in [7, 11) is -2.39. The number of amides is 1. The maximum atomic E-state index is 12.7. The van der Waals surface area contributed by atoms with Gasteiger partial charge in [-0.05, 0) is 42.5 Å². The zero-order chi connectivity index (χ0) is 22.7. The van der Waals surface area contributed by atoms with Gasteiger partial charge in [-0.1, -0.05) is 17.7 Å². The molecule has 0 aliphatic heterocycles. The monoisotopic (exact) mass is 489 g/mol. The summed E-state index contributed by atoms with van der Waals surface area (Å²) < 4.78 is 34.7. The van der Waals surface area contributed by atoms with E-state index in [2.05, 4.69) is 20.2 Å². The van der Waals surface area contributed by atoms with E-state index in [0.29, 0.717) is 22.1 Å². The normalized spacial score (nSPS) is 11.7. The number of halogens is 1. The summed E-state index contributed by atoms with van der Waals surface area (Å²) in [5.74, 6) is 0.0223. The number of carbonyl (C=O) groups is 1. The van der Waals surface area contributed by atoms with E-state index in [0.717, 1.165) is 0 Å². The maximum Gasteiger partial charge on any atom is 0.271 e. The SMILES string of the molecule is COc1ccc(NS(=O)(=O)c2cccc(C(=O)N/N=C/c3c(Cl)nc4sccn34)c2)cc1. The summed E-state index contributed by atoms with van der Waals surface area (Å²) in [6.45, 7) is 0. The fourth-order valence-corrected chi connectivity index (χ4v) is 4.88. The number of thiazole rings is 1. The molecule has 0 unspecified atom stereocenters. The number of hydrogen-bond acceptors (Lipinski definition) is 7. The molecule has 0 spiro atoms. The molecule has 0 aliphatic carbocycles. The number of imidazole rings is 1. The lowest BCUT2D eigenvalue weighted by Gasteiger charge is -2.09. The molecule has 1 amide bonds. The van der Waals surface area contributed by atoms with E-state index in [1.807, 2.05) is 5.38 Å². The average Bonchev–Trinajstić information content (AvgIpc) is 3.35. The van der Waals surface area contributed by atoms with Gasteiger partial charge >= 0.3 is 0 Å². The van der Waals surface area contributed by atoms with E-state index >= 15 is 0 Å². The lowest BCUT2D eigenvalue weighted by atomic mass is 10.2. The quantitative estimate of drug-likeness (QED) is 0.304. The van der Waals surface area contributed by atoms with Gasteiger partial charge in [-0.25, -0.2) is 18.8 Å². The third kappa shape index (κ3) is 4.59. The lowest BCUT2D eigenvalue weighted by molar-refractivity contribution is 0.0955. The molecule has 9 nitrogen and oxygen atoms in total. The van der Waals surface area contributed by atoms with Crippen LogP contribution < -0.4 is 14.9 Å². The van der Waals surface area contributed by atoms with Crippen molar-refractivity contribution in [2.45, 2.75) is 4.90 Å². The van der Waals surface area contributed by atoms with Gasteiger partial charge in [-0.15, -0.1) is 11.3 Å². The topological polar surface area (TPSA) is 114 Å². The number of nitrogens with zero attached hydrogens (tertiary/aromatic N) is 3. The number of methoxy groups -OCH3 is 1. The van der Waals surface area contributed by atoms with E-state index < -0.39 is 15.9 Å². The number of rotatable bonds is 7. The Hall–Kier alpha value is -3.41. The van der Waals surface area contributed by atoms with Crippen LogP contribution in [0.4, 0.5) is 5.69 Å². The second kappa shape index (κ2) is 8.99. The van der Waals surface area contributed by atoms with Crippen molar-refractivity contribution in [2.24, 2.45) is 5.10 Å². The largest absolute Gasteiger partial charge is 0.497 e. The summed E-state index contributed by atoms with van der Waals surface area (Å²) in [5, 5.41) is 6.02. The van der Waals surface area contributed by atoms with Crippen molar-refractivity contribution in [3.63, 3.8) is 0 Å². The van der Waals surface area contributed by atoms with Crippen molar-refractivity contribution in [1.82, 2.24) is 14.8 Å². The van der Waals surface area contributed by atoms with Crippen LogP contribution in [0.1, 0.15) is 16.1 Å². The van der Waals surface area contributed by atoms with Gasteiger partial charge in [0.05, 0.1) is 18.2 Å². The van der Waals surface area contributed by atoms with Crippen LogP contribution in [0.25, 0.3) is 4.96 Å². The Balaban J connectivity index is 1.48. The molecule has 0 atom stereocenters. The molecule has 0 bridgehead atoms. The predicted molar refractivity (Wildman–Crippen MR) is 123 cm³/mol. The minimum Gasteiger partial charge on any atom is -0.497 e. The third-order valence-corrected chi connectivity index (χ3v) is 6.77. The number of carbonyl (C=O) groups excluding carboxylic acids is 1. The summed E-state index contributed by atoms with van der Waals surface area (Å²) in [6.07, 6.45) is 3.16. The maximum absolute atomic E-state index is 12.7. The van der Waals surface area contributed by atoms with E-state index in [9.17, 15) is 13.2 Å². The summed E-state index contributed by atoms with van der Waals surface area (Å²) in [4.78, 5) is 17.3. The highest BCUT2D eigenvalue weighted by atomic mass is 35.5. The second-order valence-corrected chi connectivity index (χ2v) is 9.32. The van der Waals surface area contributed by atoms with Gasteiger partial charge in [0, 0.05) is 22.8 Å². The molecule has 164 valence electrons. The minimum atomic E-state index is -3.91. The predicted octanol–water partition coefficient (Wildman–Crippen LogP) is 3.62. The first-order valence-electron chi connectivity index (χ1n) is 9.09. The van der Waals surface area contributed by atoms with E-state index in [1.54, 1.807) is 34.9 Å². The highest BCUT2D eigenvalue weighted by Gasteiger charge is 2.17. The van der Waals surface area contributed by atoms with Gasteiger partial charge in [-0.2, -0.15) is 5.10 Å². The van der Waals surface area contributed by atoms with E-state index in [-0.39, 0.29) is 15.6 Å². The van der Waals surface area contributed by atoms with Crippen LogP contribution in [0.3, 0.4) is 0 Å². The van der Waals surface area contributed by atoms with Gasteiger partial charge in [0.25, 0.3) is 15.9 Å². The smallest absolute Gasteiger partial charge is 0.271 e. The molecule has 4 aromatic rings. The van der Waals surface area contributed by atoms with E-state index in [4.69, 9.17) is 16.3 Å². The standard InChI is InChI=1S/C20H16ClN5O4S2/c1-30-15-7-5-14(6-8-15)25-32(28,29)16-4-2-3-13(11-16)19(27)24-22-12-17-18(21)23-20-26(17)9-10-31-20/h2-12,25H,1H3,(H,24,27)/b22-12+. The number of ether oxygens (including phenoxy) is 1. The molecule has 4 rings (SSSR count). The molecule has 0 saturated carbocycles. The summed E-state index contributed by atoms with van der Waals surface area (Å²) in [6, 6.07) is 12.0. The van der Waals surface area contributed by atoms with Gasteiger partial charge < -0.3 is 4.74 Å². The van der Waals surface area contributed by atoms with Crippen molar-refractivity contribution in [1.29, 1.82) is 0 Å². The highest BCUT2D eigenvalue weighted by molar-refractivity contribution is 7.92. The average molecular weight is 490 g/mol. The zero-order valence-corrected chi connectivity index (χ0v) is 18.9. The van der Waals surface area contributed by atoms with Crippen molar-refractivity contribution in [3.8, 4) is 5.75 Å². The molecular weight excluding hydrogens is 474 g/mol. The Labute approximate surface area is 192 Å². The number of hydrogen-bond donors (Lipinski definition) is 2. The fraction of sp³-hybridized carbons (Fsp3) is 0.0500. The molecule has 2 aromatic carbocycles. The molecule has 2 heterocycles. The van der Waals surface area contributed by atoms with Crippen LogP contribution in [0.2, 0.25) is 5.15 Å². The Morgan fingerprint density at radius 3 is 2.78 bits per heavy atom. The number of fused-ring (bicyclic) bond motifs is 1. The van der Waals surface area contributed by atoms with Crippen LogP contribution in [0.15, 0.2) is 70.1 Å². The van der Waals surface area contributed by atoms with Crippen LogP contribution in [-0.2, 0) is 10.0 Å². The first-order valence-corrected chi connectivity index (χ1v) is 11.8. The molecule has 2 aromatic heterocycles. The molecule has 32 heavy (non-hydrogen) atoms. The Kier molecular flexibility index (Phi) is 6.12. The molecule has 0 fully saturated rings. The van der Waals surface area contributed by atoms with Gasteiger partial charge in [0.2, 0.25) is 0 Å². The summed E-state index contributed by atoms with van der Waals surface area (Å²) in [5.41, 5.74) is 3.37. The molecule has 12 heteroatoms. The van der Waals surface area contributed by atoms with Crippen LogP contribution in [-0.4, -0.2) is 37.0 Å². The van der Waals surface area contributed by atoms with Crippen molar-refractivity contribution in [2.75, 3.05) is 11.8 Å². The Morgan fingerprint density at radius 1 is 1.25 bits per heavy atom. The second-order valence-electron chi connectivity index (χ2n) is 6.40. The van der Waals surface area contributed by atoms with Crippen LogP contribution in [0.5, 0.6) is 5.75 Å². The number of hydrazone groups is 1. The van der Waals surface area contributed by atoms with Crippen molar-refractivity contribution < 1.29 is 17.9 Å². The number of benzene rings is 2. The first kappa shape index (κ1) is 21.8. The van der Waals surface area contributed by atoms with Crippen molar-refractivity contribution in [3.05, 3.63) is 76.5 Å². The number of nitrogens with one attached hydrogen (secondary N) is 2. The highest BCUT2D eigenvalue weighted by Crippen LogP contribution is 2.21. The molecule has 0 radical (unpaired) electrons. The van der Waals surface area contributed by atoms with Gasteiger partial charge in [0.15, 0.2) is 10.1 Å². The zero-order valence-electron chi connectivity index (χ0n) is 16.5. The minimum absolute atomic E-state index is 0.0660. The van der Waals surface area contributed by atoms with Gasteiger partial charge in [-0.3, -0.25) is 13.9 Å². The van der Waals surface area contributed by atoms with Crippen LogP contribution >= 0.6 is 22.9 Å². The summed E-state index contributed by atoms with van der Waals surface area (Å²) >= 11 is 7.50. The lowest BCUT2D eigenvalue weighted by Crippen LogP contribution is -2.19. The first-order chi connectivity index (χ1) is 15.4. The van der Waals surface area contributed by atoms with Crippen molar-refractivity contribution >= 4 is 55.7 Å². The number of anilines is 1. The number of aromatic nitrogens is 2. The number of sulfonamides is 1. The molecule has 2 N–H and O–H groups in total. The van der Waals surface area contributed by atoms with Gasteiger partial charge in [0.1, 0.15) is 11.4 Å². The Morgan fingerprint density at radius 2 is 2.03 bits per heavy atom. The molecular formula is C20H16ClN5O4S2.